The number of rotatable bonds is 3. The largest absolute Gasteiger partial charge is 0.396 e. The van der Waals surface area contributed by atoms with E-state index in [-0.39, 0.29) is 11.8 Å². The molecular formula is C21H31N3O3. The molecular weight excluding hydrogens is 342 g/mol. The normalized spacial score (nSPS) is 20.1. The summed E-state index contributed by atoms with van der Waals surface area (Å²) in [5.41, 5.74) is 4.28. The Bertz CT molecular complexity index is 640. The fourth-order valence-corrected chi connectivity index (χ4v) is 4.12. The van der Waals surface area contributed by atoms with E-state index in [2.05, 4.69) is 33.7 Å². The van der Waals surface area contributed by atoms with E-state index in [1.165, 1.54) is 42.6 Å². The number of anilines is 2. The first-order chi connectivity index (χ1) is 13.2. The number of nitrogens with one attached hydrogen (secondary N) is 2. The zero-order valence-electron chi connectivity index (χ0n) is 16.0. The lowest BCUT2D eigenvalue weighted by molar-refractivity contribution is -0.132. The Labute approximate surface area is 161 Å². The predicted octanol–water partition coefficient (Wildman–Crippen LogP) is 2.46. The third kappa shape index (κ3) is 5.45. The zero-order chi connectivity index (χ0) is 19.1. The lowest BCUT2D eigenvalue weighted by atomic mass is 9.92. The molecule has 1 aromatic carbocycles. The van der Waals surface area contributed by atoms with Gasteiger partial charge in [0, 0.05) is 50.5 Å². The second kappa shape index (κ2) is 9.74. The van der Waals surface area contributed by atoms with Crippen LogP contribution in [0, 0.1) is 5.92 Å². The number of amides is 2. The molecule has 0 unspecified atom stereocenters. The summed E-state index contributed by atoms with van der Waals surface area (Å²) in [7, 11) is 0. The van der Waals surface area contributed by atoms with Crippen molar-refractivity contribution < 1.29 is 14.7 Å². The second-order valence-electron chi connectivity index (χ2n) is 7.60. The number of imide groups is 1. The van der Waals surface area contributed by atoms with Gasteiger partial charge >= 0.3 is 0 Å². The predicted molar refractivity (Wildman–Crippen MR) is 107 cm³/mol. The molecule has 1 aromatic rings. The summed E-state index contributed by atoms with van der Waals surface area (Å²) < 4.78 is 0. The van der Waals surface area contributed by atoms with Crippen LogP contribution < -0.4 is 15.5 Å². The molecule has 148 valence electrons. The maximum Gasteiger partial charge on any atom is 0.226 e. The molecule has 6 nitrogen and oxygen atoms in total. The minimum absolute atomic E-state index is 0.138. The third-order valence-corrected chi connectivity index (χ3v) is 5.65. The second-order valence-corrected chi connectivity index (χ2v) is 7.60. The SMILES string of the molecule is O=C1CCCC(=O)N1.OCCC1CCN(c2cccc3c2CCCN3)CC1. The Balaban J connectivity index is 0.000000221. The van der Waals surface area contributed by atoms with E-state index < -0.39 is 0 Å². The van der Waals surface area contributed by atoms with Crippen LogP contribution in [0.15, 0.2) is 18.2 Å². The maximum absolute atomic E-state index is 10.3. The smallest absolute Gasteiger partial charge is 0.226 e. The van der Waals surface area contributed by atoms with Gasteiger partial charge in [-0.1, -0.05) is 6.07 Å². The first-order valence-electron chi connectivity index (χ1n) is 10.2. The van der Waals surface area contributed by atoms with Gasteiger partial charge in [0.1, 0.15) is 0 Å². The van der Waals surface area contributed by atoms with E-state index in [4.69, 9.17) is 5.11 Å². The molecule has 0 atom stereocenters. The highest BCUT2D eigenvalue weighted by molar-refractivity contribution is 5.97. The number of aliphatic hydroxyl groups excluding tert-OH is 1. The molecule has 6 heteroatoms. The standard InChI is InChI=1S/C16H24N2O.C5H7NO2/c19-12-8-13-6-10-18(11-7-13)16-5-1-4-15-14(16)3-2-9-17-15;7-4-2-1-3-5(8)6-4/h1,4-5,13,17,19H,2-3,6-12H2;1-3H2,(H,6,7,8). The van der Waals surface area contributed by atoms with Gasteiger partial charge in [-0.05, 0) is 62.1 Å². The van der Waals surface area contributed by atoms with Gasteiger partial charge in [0.15, 0.2) is 0 Å². The van der Waals surface area contributed by atoms with Crippen molar-refractivity contribution in [1.82, 2.24) is 5.32 Å². The first-order valence-corrected chi connectivity index (χ1v) is 10.2. The molecule has 3 aliphatic rings. The number of nitrogens with zero attached hydrogens (tertiary/aromatic N) is 1. The molecule has 0 aliphatic carbocycles. The monoisotopic (exact) mass is 373 g/mol. The van der Waals surface area contributed by atoms with Crippen LogP contribution in [0.25, 0.3) is 0 Å². The highest BCUT2D eigenvalue weighted by atomic mass is 16.3. The number of carbonyl (C=O) groups excluding carboxylic acids is 2. The van der Waals surface area contributed by atoms with Crippen LogP contribution in [-0.2, 0) is 16.0 Å². The fourth-order valence-electron chi connectivity index (χ4n) is 4.12. The number of piperidine rings is 2. The number of aliphatic hydroxyl groups is 1. The van der Waals surface area contributed by atoms with Crippen molar-refractivity contribution in [2.45, 2.75) is 51.4 Å². The van der Waals surface area contributed by atoms with E-state index in [1.54, 1.807) is 0 Å². The van der Waals surface area contributed by atoms with Crippen LogP contribution in [0.2, 0.25) is 0 Å². The molecule has 4 rings (SSSR count). The maximum atomic E-state index is 10.3. The van der Waals surface area contributed by atoms with E-state index in [1.807, 2.05) is 0 Å². The summed E-state index contributed by atoms with van der Waals surface area (Å²) >= 11 is 0. The van der Waals surface area contributed by atoms with Gasteiger partial charge in [0.2, 0.25) is 11.8 Å². The van der Waals surface area contributed by atoms with Crippen molar-refractivity contribution in [3.8, 4) is 0 Å². The van der Waals surface area contributed by atoms with Crippen LogP contribution in [0.5, 0.6) is 0 Å². The van der Waals surface area contributed by atoms with Gasteiger partial charge in [-0.2, -0.15) is 0 Å². The molecule has 3 N–H and O–H groups in total. The van der Waals surface area contributed by atoms with Crippen LogP contribution in [0.4, 0.5) is 11.4 Å². The van der Waals surface area contributed by atoms with Gasteiger partial charge in [0.25, 0.3) is 0 Å². The Hall–Kier alpha value is -2.08. The molecule has 3 aliphatic heterocycles. The number of hydrogen-bond acceptors (Lipinski definition) is 5. The topological polar surface area (TPSA) is 81.7 Å². The number of benzene rings is 1. The molecule has 2 saturated heterocycles. The molecule has 0 aromatic heterocycles. The first kappa shape index (κ1) is 19.7. The molecule has 0 bridgehead atoms. The van der Waals surface area contributed by atoms with Crippen molar-refractivity contribution in [2.24, 2.45) is 5.92 Å². The molecule has 27 heavy (non-hydrogen) atoms. The quantitative estimate of drug-likeness (QED) is 0.709. The molecule has 3 heterocycles. The Morgan fingerprint density at radius 2 is 1.78 bits per heavy atom. The summed E-state index contributed by atoms with van der Waals surface area (Å²) in [5.74, 6) is 0.446. The van der Waals surface area contributed by atoms with Crippen LogP contribution in [-0.4, -0.2) is 43.2 Å². The van der Waals surface area contributed by atoms with Crippen LogP contribution in [0.1, 0.15) is 50.5 Å². The zero-order valence-corrected chi connectivity index (χ0v) is 16.0. The highest BCUT2D eigenvalue weighted by Gasteiger charge is 2.22. The molecule has 0 saturated carbocycles. The summed E-state index contributed by atoms with van der Waals surface area (Å²) in [6, 6.07) is 6.65. The number of hydrogen-bond donors (Lipinski definition) is 3. The average Bonchev–Trinajstić information content (AvgIpc) is 2.69. The van der Waals surface area contributed by atoms with Crippen molar-refractivity contribution in [1.29, 1.82) is 0 Å². The molecule has 0 spiro atoms. The Morgan fingerprint density at radius 1 is 1.04 bits per heavy atom. The minimum atomic E-state index is -0.138. The summed E-state index contributed by atoms with van der Waals surface area (Å²) in [6.07, 6.45) is 7.58. The molecule has 2 amide bonds. The van der Waals surface area contributed by atoms with Crippen LogP contribution in [0.3, 0.4) is 0 Å². The number of carbonyl (C=O) groups is 2. The van der Waals surface area contributed by atoms with Crippen molar-refractivity contribution in [3.63, 3.8) is 0 Å². The van der Waals surface area contributed by atoms with Gasteiger partial charge in [-0.15, -0.1) is 0 Å². The highest BCUT2D eigenvalue weighted by Crippen LogP contribution is 2.34. The summed E-state index contributed by atoms with van der Waals surface area (Å²) in [5, 5.41) is 14.8. The minimum Gasteiger partial charge on any atom is -0.396 e. The fraction of sp³-hybridized carbons (Fsp3) is 0.619. The Kier molecular flexibility index (Phi) is 7.10. The van der Waals surface area contributed by atoms with Gasteiger partial charge in [-0.25, -0.2) is 0 Å². The van der Waals surface area contributed by atoms with E-state index >= 15 is 0 Å². The lowest BCUT2D eigenvalue weighted by Crippen LogP contribution is -2.35. The van der Waals surface area contributed by atoms with Crippen molar-refractivity contribution in [2.75, 3.05) is 36.5 Å². The summed E-state index contributed by atoms with van der Waals surface area (Å²) in [4.78, 5) is 23.2. The molecule has 0 radical (unpaired) electrons. The molecule has 2 fully saturated rings. The van der Waals surface area contributed by atoms with Gasteiger partial charge in [-0.3, -0.25) is 14.9 Å². The van der Waals surface area contributed by atoms with E-state index in [0.717, 1.165) is 32.0 Å². The van der Waals surface area contributed by atoms with Crippen molar-refractivity contribution in [3.05, 3.63) is 23.8 Å². The lowest BCUT2D eigenvalue weighted by Gasteiger charge is -2.36. The van der Waals surface area contributed by atoms with E-state index in [9.17, 15) is 9.59 Å². The number of fused-ring (bicyclic) bond motifs is 1. The van der Waals surface area contributed by atoms with Crippen molar-refractivity contribution >= 4 is 23.2 Å². The average molecular weight is 373 g/mol. The third-order valence-electron chi connectivity index (χ3n) is 5.65. The van der Waals surface area contributed by atoms with Gasteiger partial charge in [0.05, 0.1) is 0 Å². The Morgan fingerprint density at radius 3 is 2.41 bits per heavy atom. The van der Waals surface area contributed by atoms with Gasteiger partial charge < -0.3 is 15.3 Å². The van der Waals surface area contributed by atoms with E-state index in [0.29, 0.717) is 25.9 Å². The van der Waals surface area contributed by atoms with Crippen LogP contribution >= 0.6 is 0 Å². The summed E-state index contributed by atoms with van der Waals surface area (Å²) in [6.45, 7) is 3.73.